The Morgan fingerprint density at radius 1 is 1.26 bits per heavy atom. The van der Waals surface area contributed by atoms with Gasteiger partial charge < -0.3 is 10.1 Å². The number of benzene rings is 2. The van der Waals surface area contributed by atoms with Gasteiger partial charge in [-0.3, -0.25) is 4.79 Å². The molecule has 0 atom stereocenters. The summed E-state index contributed by atoms with van der Waals surface area (Å²) in [6.45, 7) is 0. The van der Waals surface area contributed by atoms with E-state index in [1.54, 1.807) is 12.1 Å². The third kappa shape index (κ3) is 3.23. The number of halogens is 2. The van der Waals surface area contributed by atoms with Crippen LogP contribution in [0.15, 0.2) is 42.5 Å². The average molecular weight is 371 g/mol. The van der Waals surface area contributed by atoms with E-state index in [-0.39, 0.29) is 11.7 Å². The zero-order valence-electron chi connectivity index (χ0n) is 10.1. The average Bonchev–Trinajstić information content (AvgIpc) is 2.41. The Hall–Kier alpha value is -1.63. The van der Waals surface area contributed by atoms with Crippen molar-refractivity contribution in [3.05, 3.63) is 57.4 Å². The van der Waals surface area contributed by atoms with Gasteiger partial charge in [0.25, 0.3) is 5.91 Å². The Balaban J connectivity index is 2.22. The number of rotatable bonds is 3. The van der Waals surface area contributed by atoms with Crippen LogP contribution in [0.1, 0.15) is 10.4 Å². The first-order valence-corrected chi connectivity index (χ1v) is 6.59. The van der Waals surface area contributed by atoms with Crippen molar-refractivity contribution in [3.8, 4) is 5.75 Å². The highest BCUT2D eigenvalue weighted by atomic mass is 127. The summed E-state index contributed by atoms with van der Waals surface area (Å²) >= 11 is 2.09. The van der Waals surface area contributed by atoms with Gasteiger partial charge in [0.15, 0.2) is 11.6 Å². The van der Waals surface area contributed by atoms with Crippen LogP contribution in [-0.4, -0.2) is 13.0 Å². The van der Waals surface area contributed by atoms with Crippen LogP contribution in [0.5, 0.6) is 5.75 Å². The van der Waals surface area contributed by atoms with Crippen molar-refractivity contribution in [2.75, 3.05) is 12.4 Å². The van der Waals surface area contributed by atoms with Gasteiger partial charge >= 0.3 is 0 Å². The SMILES string of the molecule is COc1cc(NC(=O)c2ccccc2I)ccc1F. The minimum Gasteiger partial charge on any atom is -0.494 e. The molecule has 2 aromatic rings. The minimum absolute atomic E-state index is 0.0977. The molecule has 19 heavy (non-hydrogen) atoms. The van der Waals surface area contributed by atoms with Crippen LogP contribution < -0.4 is 10.1 Å². The van der Waals surface area contributed by atoms with Gasteiger partial charge in [0.05, 0.1) is 12.7 Å². The molecule has 0 saturated heterocycles. The first kappa shape index (κ1) is 13.8. The van der Waals surface area contributed by atoms with Crippen molar-refractivity contribution in [1.29, 1.82) is 0 Å². The van der Waals surface area contributed by atoms with E-state index in [1.165, 1.54) is 25.3 Å². The van der Waals surface area contributed by atoms with Crippen LogP contribution in [0.2, 0.25) is 0 Å². The molecule has 5 heteroatoms. The highest BCUT2D eigenvalue weighted by Crippen LogP contribution is 2.22. The normalized spacial score (nSPS) is 10.1. The van der Waals surface area contributed by atoms with Crippen molar-refractivity contribution in [2.45, 2.75) is 0 Å². The molecule has 0 aromatic heterocycles. The maximum absolute atomic E-state index is 13.3. The third-order valence-corrected chi connectivity index (χ3v) is 3.47. The summed E-state index contributed by atoms with van der Waals surface area (Å²) in [7, 11) is 1.38. The van der Waals surface area contributed by atoms with Gasteiger partial charge in [-0.2, -0.15) is 0 Å². The molecule has 0 saturated carbocycles. The molecule has 98 valence electrons. The second-order valence-electron chi connectivity index (χ2n) is 3.78. The maximum Gasteiger partial charge on any atom is 0.256 e. The molecule has 0 aliphatic heterocycles. The minimum atomic E-state index is -0.463. The predicted octanol–water partition coefficient (Wildman–Crippen LogP) is 3.69. The van der Waals surface area contributed by atoms with Crippen LogP contribution in [0.3, 0.4) is 0 Å². The van der Waals surface area contributed by atoms with Gasteiger partial charge in [-0.15, -0.1) is 0 Å². The fourth-order valence-corrected chi connectivity index (χ4v) is 2.21. The fourth-order valence-electron chi connectivity index (χ4n) is 1.58. The molecule has 1 N–H and O–H groups in total. The van der Waals surface area contributed by atoms with E-state index < -0.39 is 5.82 Å². The predicted molar refractivity (Wildman–Crippen MR) is 80.1 cm³/mol. The lowest BCUT2D eigenvalue weighted by molar-refractivity contribution is 0.102. The van der Waals surface area contributed by atoms with Crippen molar-refractivity contribution in [2.24, 2.45) is 0 Å². The largest absolute Gasteiger partial charge is 0.494 e. The van der Waals surface area contributed by atoms with Crippen molar-refractivity contribution in [1.82, 2.24) is 0 Å². The van der Waals surface area contributed by atoms with Gasteiger partial charge in [0.2, 0.25) is 0 Å². The Labute approximate surface area is 123 Å². The topological polar surface area (TPSA) is 38.3 Å². The maximum atomic E-state index is 13.3. The van der Waals surface area contributed by atoms with Crippen molar-refractivity contribution in [3.63, 3.8) is 0 Å². The smallest absolute Gasteiger partial charge is 0.256 e. The Kier molecular flexibility index (Phi) is 4.36. The summed E-state index contributed by atoms with van der Waals surface area (Å²) in [6.07, 6.45) is 0. The Morgan fingerprint density at radius 3 is 2.68 bits per heavy atom. The molecule has 0 unspecified atom stereocenters. The van der Waals surface area contributed by atoms with E-state index in [9.17, 15) is 9.18 Å². The highest BCUT2D eigenvalue weighted by molar-refractivity contribution is 14.1. The molecule has 0 spiro atoms. The zero-order valence-corrected chi connectivity index (χ0v) is 12.3. The van der Waals surface area contributed by atoms with E-state index >= 15 is 0 Å². The number of anilines is 1. The molecule has 0 fully saturated rings. The lowest BCUT2D eigenvalue weighted by Crippen LogP contribution is -2.13. The van der Waals surface area contributed by atoms with E-state index in [0.717, 1.165) is 3.57 Å². The summed E-state index contributed by atoms with van der Waals surface area (Å²) < 4.78 is 19.0. The molecule has 1 amide bonds. The molecule has 0 aliphatic carbocycles. The molecule has 2 aromatic carbocycles. The first-order chi connectivity index (χ1) is 9.11. The van der Waals surface area contributed by atoms with Gasteiger partial charge in [-0.25, -0.2) is 4.39 Å². The molecular weight excluding hydrogens is 360 g/mol. The lowest BCUT2D eigenvalue weighted by atomic mass is 10.2. The second-order valence-corrected chi connectivity index (χ2v) is 4.95. The number of carbonyl (C=O) groups is 1. The summed E-state index contributed by atoms with van der Waals surface area (Å²) in [4.78, 5) is 12.1. The molecular formula is C14H11FINO2. The fraction of sp³-hybridized carbons (Fsp3) is 0.0714. The second kappa shape index (κ2) is 6.01. The number of amides is 1. The van der Waals surface area contributed by atoms with Gasteiger partial charge in [0, 0.05) is 15.3 Å². The third-order valence-electron chi connectivity index (χ3n) is 2.53. The zero-order chi connectivity index (χ0) is 13.8. The van der Waals surface area contributed by atoms with E-state index in [4.69, 9.17) is 4.74 Å². The monoisotopic (exact) mass is 371 g/mol. The van der Waals surface area contributed by atoms with E-state index in [2.05, 4.69) is 27.9 Å². The summed E-state index contributed by atoms with van der Waals surface area (Å²) in [6, 6.07) is 11.4. The molecule has 3 nitrogen and oxygen atoms in total. The highest BCUT2D eigenvalue weighted by Gasteiger charge is 2.11. The van der Waals surface area contributed by atoms with Crippen molar-refractivity contribution >= 4 is 34.2 Å². The summed E-state index contributed by atoms with van der Waals surface area (Å²) in [5, 5.41) is 2.71. The number of hydrogen-bond donors (Lipinski definition) is 1. The van der Waals surface area contributed by atoms with Crippen LogP contribution >= 0.6 is 22.6 Å². The van der Waals surface area contributed by atoms with E-state index in [0.29, 0.717) is 11.3 Å². The molecule has 2 rings (SSSR count). The lowest BCUT2D eigenvalue weighted by Gasteiger charge is -2.08. The van der Waals surface area contributed by atoms with Gasteiger partial charge in [-0.05, 0) is 46.9 Å². The molecule has 0 radical (unpaired) electrons. The molecule has 0 aliphatic rings. The van der Waals surface area contributed by atoms with Crippen LogP contribution in [0.25, 0.3) is 0 Å². The quantitative estimate of drug-likeness (QED) is 0.836. The summed E-state index contributed by atoms with van der Waals surface area (Å²) in [5.41, 5.74) is 1.06. The number of nitrogens with one attached hydrogen (secondary N) is 1. The van der Waals surface area contributed by atoms with Gasteiger partial charge in [-0.1, -0.05) is 12.1 Å². The number of ether oxygens (including phenoxy) is 1. The molecule has 0 heterocycles. The first-order valence-electron chi connectivity index (χ1n) is 5.51. The number of carbonyl (C=O) groups excluding carboxylic acids is 1. The Morgan fingerprint density at radius 2 is 2.00 bits per heavy atom. The van der Waals surface area contributed by atoms with Crippen molar-refractivity contribution < 1.29 is 13.9 Å². The standard InChI is InChI=1S/C14H11FINO2/c1-19-13-8-9(6-7-11(13)15)17-14(18)10-4-2-3-5-12(10)16/h2-8H,1H3,(H,17,18). The number of methoxy groups -OCH3 is 1. The number of hydrogen-bond acceptors (Lipinski definition) is 2. The van der Waals surface area contributed by atoms with E-state index in [1.807, 2.05) is 12.1 Å². The Bertz CT molecular complexity index is 616. The molecule has 0 bridgehead atoms. The van der Waals surface area contributed by atoms with Crippen LogP contribution in [-0.2, 0) is 0 Å². The van der Waals surface area contributed by atoms with Crippen LogP contribution in [0.4, 0.5) is 10.1 Å². The van der Waals surface area contributed by atoms with Crippen LogP contribution in [0, 0.1) is 9.39 Å². The van der Waals surface area contributed by atoms with Gasteiger partial charge in [0.1, 0.15) is 0 Å². The summed E-state index contributed by atoms with van der Waals surface area (Å²) in [5.74, 6) is -0.603.